The second kappa shape index (κ2) is 10.8. The number of hydrogen-bond acceptors (Lipinski definition) is 5. The third-order valence-corrected chi connectivity index (χ3v) is 7.87. The van der Waals surface area contributed by atoms with Gasteiger partial charge in [-0.05, 0) is 44.0 Å². The number of ether oxygens (including phenoxy) is 2. The molecular weight excluding hydrogens is 494 g/mol. The number of carbonyl (C=O) groups excluding carboxylic acids is 3. The maximum absolute atomic E-state index is 13.8. The van der Waals surface area contributed by atoms with Crippen LogP contribution in [0.3, 0.4) is 0 Å². The molecule has 1 N–H and O–H groups in total. The van der Waals surface area contributed by atoms with E-state index in [0.717, 1.165) is 18.4 Å². The lowest BCUT2D eigenvalue weighted by molar-refractivity contribution is -0.128. The summed E-state index contributed by atoms with van der Waals surface area (Å²) in [5.41, 5.74) is 1.03. The van der Waals surface area contributed by atoms with Crippen LogP contribution in [-0.2, 0) is 14.3 Å². The normalized spacial score (nSPS) is 22.9. The molecule has 3 heterocycles. The van der Waals surface area contributed by atoms with Gasteiger partial charge in [-0.1, -0.05) is 41.4 Å². The van der Waals surface area contributed by atoms with Crippen molar-refractivity contribution in [2.75, 3.05) is 32.8 Å². The first-order chi connectivity index (χ1) is 17.9. The molecule has 3 amide bonds. The molecule has 0 aliphatic carbocycles. The minimum Gasteiger partial charge on any atom is -0.376 e. The second-order valence-electron chi connectivity index (χ2n) is 9.97. The summed E-state index contributed by atoms with van der Waals surface area (Å²) < 4.78 is 11.9. The van der Waals surface area contributed by atoms with Crippen molar-refractivity contribution >= 4 is 29.3 Å². The average Bonchev–Trinajstić information content (AvgIpc) is 3.56. The van der Waals surface area contributed by atoms with Crippen molar-refractivity contribution in [3.63, 3.8) is 0 Å². The molecule has 5 rings (SSSR count). The molecule has 3 saturated heterocycles. The molecule has 0 bridgehead atoms. The van der Waals surface area contributed by atoms with E-state index in [1.165, 1.54) is 0 Å². The molecule has 37 heavy (non-hydrogen) atoms. The number of aryl methyl sites for hydroxylation is 1. The number of carbonyl (C=O) groups is 3. The van der Waals surface area contributed by atoms with Gasteiger partial charge in [0.05, 0.1) is 23.3 Å². The zero-order valence-electron chi connectivity index (χ0n) is 21.0. The van der Waals surface area contributed by atoms with Gasteiger partial charge in [-0.2, -0.15) is 0 Å². The Bertz CT molecular complexity index is 1160. The van der Waals surface area contributed by atoms with Gasteiger partial charge in [0.15, 0.2) is 0 Å². The second-order valence-corrected chi connectivity index (χ2v) is 10.4. The fraction of sp³-hybridized carbons (Fsp3) is 0.464. The molecule has 0 unspecified atom stereocenters. The molecule has 3 aliphatic rings. The number of nitrogens with one attached hydrogen (secondary N) is 1. The molecule has 3 fully saturated rings. The number of nitrogens with zero attached hydrogens (tertiary/aromatic N) is 2. The molecule has 8 nitrogen and oxygen atoms in total. The predicted octanol–water partition coefficient (Wildman–Crippen LogP) is 3.42. The molecule has 2 aromatic carbocycles. The van der Waals surface area contributed by atoms with Crippen LogP contribution in [-0.4, -0.2) is 78.2 Å². The fourth-order valence-corrected chi connectivity index (χ4v) is 5.62. The zero-order valence-corrected chi connectivity index (χ0v) is 21.7. The first-order valence-corrected chi connectivity index (χ1v) is 13.2. The molecule has 1 spiro atoms. The van der Waals surface area contributed by atoms with Crippen LogP contribution < -0.4 is 5.32 Å². The SMILES string of the molecule is Cc1ccc(C(=O)N2[C@@H](C(=O)NC[C@@H]3CCCO3)COC23CCN(C(=O)c2ccccc2Cl)CC3)cc1. The highest BCUT2D eigenvalue weighted by Gasteiger charge is 2.54. The summed E-state index contributed by atoms with van der Waals surface area (Å²) in [4.78, 5) is 43.6. The van der Waals surface area contributed by atoms with Crippen molar-refractivity contribution in [3.8, 4) is 0 Å². The highest BCUT2D eigenvalue weighted by molar-refractivity contribution is 6.33. The molecule has 196 valence electrons. The minimum atomic E-state index is -0.967. The quantitative estimate of drug-likeness (QED) is 0.646. The molecule has 9 heteroatoms. The van der Waals surface area contributed by atoms with E-state index >= 15 is 0 Å². The van der Waals surface area contributed by atoms with Crippen LogP contribution in [0.2, 0.25) is 5.02 Å². The minimum absolute atomic E-state index is 0.000503. The first-order valence-electron chi connectivity index (χ1n) is 12.9. The van der Waals surface area contributed by atoms with E-state index in [9.17, 15) is 14.4 Å². The Morgan fingerprint density at radius 3 is 2.46 bits per heavy atom. The van der Waals surface area contributed by atoms with Gasteiger partial charge in [-0.25, -0.2) is 0 Å². The third-order valence-electron chi connectivity index (χ3n) is 7.54. The lowest BCUT2D eigenvalue weighted by Crippen LogP contribution is -2.60. The van der Waals surface area contributed by atoms with Crippen molar-refractivity contribution in [1.82, 2.24) is 15.1 Å². The number of amides is 3. The average molecular weight is 526 g/mol. The van der Waals surface area contributed by atoms with Crippen molar-refractivity contribution in [3.05, 3.63) is 70.2 Å². The summed E-state index contributed by atoms with van der Waals surface area (Å²) in [6, 6.07) is 13.5. The van der Waals surface area contributed by atoms with Crippen LogP contribution in [0, 0.1) is 6.92 Å². The Morgan fingerprint density at radius 2 is 1.78 bits per heavy atom. The molecule has 2 atom stereocenters. The van der Waals surface area contributed by atoms with Crippen molar-refractivity contribution in [2.45, 2.75) is 50.5 Å². The Hall–Kier alpha value is -2.94. The van der Waals surface area contributed by atoms with Crippen LogP contribution in [0.15, 0.2) is 48.5 Å². The molecular formula is C28H32ClN3O5. The van der Waals surface area contributed by atoms with Crippen LogP contribution in [0.25, 0.3) is 0 Å². The van der Waals surface area contributed by atoms with Gasteiger partial charge < -0.3 is 19.7 Å². The maximum Gasteiger partial charge on any atom is 0.256 e. The number of likely N-dealkylation sites (tertiary alicyclic amines) is 1. The van der Waals surface area contributed by atoms with E-state index < -0.39 is 11.8 Å². The van der Waals surface area contributed by atoms with E-state index in [4.69, 9.17) is 21.1 Å². The lowest BCUT2D eigenvalue weighted by Gasteiger charge is -2.44. The van der Waals surface area contributed by atoms with Gasteiger partial charge in [-0.3, -0.25) is 19.3 Å². The Labute approximate surface area is 221 Å². The molecule has 3 aliphatic heterocycles. The van der Waals surface area contributed by atoms with Gasteiger partial charge >= 0.3 is 0 Å². The predicted molar refractivity (Wildman–Crippen MR) is 138 cm³/mol. The smallest absolute Gasteiger partial charge is 0.256 e. The lowest BCUT2D eigenvalue weighted by atomic mass is 9.96. The summed E-state index contributed by atoms with van der Waals surface area (Å²) in [5, 5.41) is 3.38. The maximum atomic E-state index is 13.8. The van der Waals surface area contributed by atoms with Crippen LogP contribution in [0.4, 0.5) is 0 Å². The highest BCUT2D eigenvalue weighted by Crippen LogP contribution is 2.39. The van der Waals surface area contributed by atoms with Crippen molar-refractivity contribution < 1.29 is 23.9 Å². The van der Waals surface area contributed by atoms with Gasteiger partial charge in [-0.15, -0.1) is 0 Å². The first kappa shape index (κ1) is 25.7. The standard InChI is InChI=1S/C28H32ClN3O5/c1-19-8-10-20(11-9-19)26(34)32-24(25(33)30-17-21-5-4-16-36-21)18-37-28(32)12-14-31(15-13-28)27(35)22-6-2-3-7-23(22)29/h2-3,6-11,21,24H,4-5,12-18H2,1H3,(H,30,33)/t21-,24+/m0/s1. The Kier molecular flexibility index (Phi) is 7.51. The summed E-state index contributed by atoms with van der Waals surface area (Å²) in [6.45, 7) is 3.94. The number of piperidine rings is 1. The summed E-state index contributed by atoms with van der Waals surface area (Å²) in [5.74, 6) is -0.649. The van der Waals surface area contributed by atoms with E-state index in [1.54, 1.807) is 46.2 Å². The summed E-state index contributed by atoms with van der Waals surface area (Å²) in [6.07, 6.45) is 2.69. The number of halogens is 1. The van der Waals surface area contributed by atoms with Crippen LogP contribution >= 0.6 is 11.6 Å². The number of rotatable bonds is 5. The van der Waals surface area contributed by atoms with Crippen LogP contribution in [0.5, 0.6) is 0 Å². The van der Waals surface area contributed by atoms with Crippen LogP contribution in [0.1, 0.15) is 52.0 Å². The van der Waals surface area contributed by atoms with Crippen molar-refractivity contribution in [2.24, 2.45) is 0 Å². The topological polar surface area (TPSA) is 88.2 Å². The Balaban J connectivity index is 1.35. The van der Waals surface area contributed by atoms with E-state index in [2.05, 4.69) is 5.32 Å². The van der Waals surface area contributed by atoms with Gasteiger partial charge in [0.2, 0.25) is 5.91 Å². The molecule has 0 aromatic heterocycles. The van der Waals surface area contributed by atoms with E-state index in [-0.39, 0.29) is 30.4 Å². The monoisotopic (exact) mass is 525 g/mol. The number of benzene rings is 2. The summed E-state index contributed by atoms with van der Waals surface area (Å²) >= 11 is 6.25. The third kappa shape index (κ3) is 5.23. The molecule has 0 saturated carbocycles. The fourth-order valence-electron chi connectivity index (χ4n) is 5.40. The summed E-state index contributed by atoms with van der Waals surface area (Å²) in [7, 11) is 0. The molecule has 2 aromatic rings. The van der Waals surface area contributed by atoms with Gasteiger partial charge in [0, 0.05) is 44.6 Å². The van der Waals surface area contributed by atoms with Gasteiger partial charge in [0.1, 0.15) is 11.8 Å². The van der Waals surface area contributed by atoms with E-state index in [1.807, 2.05) is 19.1 Å². The largest absolute Gasteiger partial charge is 0.376 e. The Morgan fingerprint density at radius 1 is 1.05 bits per heavy atom. The highest BCUT2D eigenvalue weighted by atomic mass is 35.5. The van der Waals surface area contributed by atoms with Crippen molar-refractivity contribution in [1.29, 1.82) is 0 Å². The van der Waals surface area contributed by atoms with E-state index in [0.29, 0.717) is 55.2 Å². The zero-order chi connectivity index (χ0) is 26.0. The number of hydrogen-bond donors (Lipinski definition) is 1. The molecule has 0 radical (unpaired) electrons. The van der Waals surface area contributed by atoms with Gasteiger partial charge in [0.25, 0.3) is 11.8 Å².